The largest absolute Gasteiger partial charge is 0.481 e. The molecule has 4 rings (SSSR count). The van der Waals surface area contributed by atoms with Crippen LogP contribution in [0.1, 0.15) is 26.5 Å². The van der Waals surface area contributed by atoms with E-state index in [2.05, 4.69) is 36.3 Å². The Balaban J connectivity index is 1.44. The molecule has 226 valence electrons. The minimum atomic E-state index is -1.26. The molecule has 20 heteroatoms. The molecule has 2 aromatic rings. The number of carbonyl (C=O) groups is 5. The first-order valence-corrected chi connectivity index (χ1v) is 15.1. The van der Waals surface area contributed by atoms with Crippen LogP contribution >= 0.6 is 34.9 Å². The number of hydrogen-bond acceptors (Lipinski definition) is 15. The van der Waals surface area contributed by atoms with E-state index >= 15 is 0 Å². The molecule has 2 aromatic heterocycles. The summed E-state index contributed by atoms with van der Waals surface area (Å²) in [5.74, 6) is -2.76. The number of tetrazole rings is 1. The topological polar surface area (TPSA) is 220 Å². The number of aryl methyl sites for hydroxylation is 1. The molecule has 3 atom stereocenters. The number of aliphatic carboxylic acids is 1. The summed E-state index contributed by atoms with van der Waals surface area (Å²) >= 11 is 3.43. The van der Waals surface area contributed by atoms with E-state index in [0.29, 0.717) is 11.6 Å². The second-order valence-corrected chi connectivity index (χ2v) is 13.1. The summed E-state index contributed by atoms with van der Waals surface area (Å²) in [4.78, 5) is 72.1. The molecule has 42 heavy (non-hydrogen) atoms. The Hall–Kier alpha value is -3.78. The van der Waals surface area contributed by atoms with Crippen molar-refractivity contribution in [1.29, 1.82) is 0 Å². The number of nitrogens with one attached hydrogen (secondary N) is 2. The van der Waals surface area contributed by atoms with Crippen molar-refractivity contribution in [3.8, 4) is 0 Å². The van der Waals surface area contributed by atoms with Gasteiger partial charge in [-0.3, -0.25) is 19.2 Å². The summed E-state index contributed by atoms with van der Waals surface area (Å²) in [5, 5.41) is 31.5. The minimum absolute atomic E-state index is 0.0335. The lowest BCUT2D eigenvalue weighted by atomic mass is 9.89. The van der Waals surface area contributed by atoms with Gasteiger partial charge in [-0.15, -0.1) is 28.2 Å². The second kappa shape index (κ2) is 12.6. The van der Waals surface area contributed by atoms with Crippen molar-refractivity contribution in [3.63, 3.8) is 0 Å². The van der Waals surface area contributed by atoms with Crippen LogP contribution in [-0.4, -0.2) is 113 Å². The van der Waals surface area contributed by atoms with Crippen LogP contribution in [-0.2, 0) is 40.6 Å². The number of fused-ring (bicyclic) bond motifs is 1. The Labute approximate surface area is 251 Å². The summed E-state index contributed by atoms with van der Waals surface area (Å²) in [6.45, 7) is 4.39. The van der Waals surface area contributed by atoms with Gasteiger partial charge in [-0.05, 0) is 31.2 Å². The lowest BCUT2D eigenvalue weighted by Gasteiger charge is -2.53. The number of amides is 3. The molecule has 3 amide bonds. The Bertz CT molecular complexity index is 1410. The maximum Gasteiger partial charge on any atom is 0.347 e. The molecule has 3 N–H and O–H groups in total. The van der Waals surface area contributed by atoms with Crippen molar-refractivity contribution in [3.05, 3.63) is 11.1 Å². The highest BCUT2D eigenvalue weighted by Gasteiger charge is 2.57. The van der Waals surface area contributed by atoms with Crippen LogP contribution in [0.4, 0.5) is 5.13 Å². The third-order valence-electron chi connectivity index (χ3n) is 5.85. The van der Waals surface area contributed by atoms with E-state index in [1.807, 2.05) is 0 Å². The number of oxime groups is 1. The highest BCUT2D eigenvalue weighted by Crippen LogP contribution is 2.44. The number of esters is 1. The number of anilines is 1. The molecule has 2 aliphatic rings. The third-order valence-corrected chi connectivity index (χ3v) is 9.51. The molecule has 2 unspecified atom stereocenters. The number of β-lactam (4-membered cyclic amide) rings is 1. The highest BCUT2D eigenvalue weighted by atomic mass is 32.2. The number of carboxylic acid groups (broad SMARTS) is 1. The van der Waals surface area contributed by atoms with Crippen LogP contribution in [0.2, 0.25) is 0 Å². The number of carboxylic acids is 1. The predicted octanol–water partition coefficient (Wildman–Crippen LogP) is -0.439. The smallest absolute Gasteiger partial charge is 0.347 e. The number of aromatic nitrogens is 5. The summed E-state index contributed by atoms with van der Waals surface area (Å²) in [5.41, 5.74) is -2.32. The zero-order valence-corrected chi connectivity index (χ0v) is 25.2. The first-order valence-electron chi connectivity index (χ1n) is 12.2. The molecule has 0 radical (unpaired) electrons. The number of hydrogen-bond donors (Lipinski definition) is 3. The van der Waals surface area contributed by atoms with Crippen molar-refractivity contribution in [2.24, 2.45) is 17.6 Å². The fraction of sp³-hybridized carbons (Fsp3) is 0.545. The van der Waals surface area contributed by atoms with Crippen molar-refractivity contribution in [2.45, 2.75) is 42.9 Å². The lowest BCUT2D eigenvalue weighted by molar-refractivity contribution is -0.160. The van der Waals surface area contributed by atoms with Gasteiger partial charge in [0.15, 0.2) is 10.8 Å². The maximum atomic E-state index is 13.3. The molecule has 0 bridgehead atoms. The first-order chi connectivity index (χ1) is 19.8. The Morgan fingerprint density at radius 2 is 2.12 bits per heavy atom. The van der Waals surface area contributed by atoms with Crippen LogP contribution in [0.25, 0.3) is 0 Å². The first kappa shape index (κ1) is 31.2. The number of thiazole rings is 1. The molecular formula is C22H27N9O8S3. The van der Waals surface area contributed by atoms with Gasteiger partial charge in [0, 0.05) is 30.5 Å². The van der Waals surface area contributed by atoms with E-state index in [1.165, 1.54) is 38.5 Å². The van der Waals surface area contributed by atoms with Crippen molar-refractivity contribution in [1.82, 2.24) is 35.4 Å². The Morgan fingerprint density at radius 3 is 2.76 bits per heavy atom. The van der Waals surface area contributed by atoms with Crippen molar-refractivity contribution in [2.75, 3.05) is 30.0 Å². The van der Waals surface area contributed by atoms with E-state index in [4.69, 9.17) is 9.57 Å². The van der Waals surface area contributed by atoms with Crippen LogP contribution in [0.15, 0.2) is 15.7 Å². The number of nitrogens with zero attached hydrogens (tertiary/aromatic N) is 7. The zero-order chi connectivity index (χ0) is 30.7. The summed E-state index contributed by atoms with van der Waals surface area (Å²) < 4.78 is 6.59. The van der Waals surface area contributed by atoms with Crippen LogP contribution in [0.5, 0.6) is 0 Å². The summed E-state index contributed by atoms with van der Waals surface area (Å²) in [7, 11) is 1.64. The van der Waals surface area contributed by atoms with E-state index in [-0.39, 0.29) is 34.6 Å². The highest BCUT2D eigenvalue weighted by molar-refractivity contribution is 8.00. The van der Waals surface area contributed by atoms with Crippen LogP contribution in [0.3, 0.4) is 0 Å². The molecule has 2 saturated heterocycles. The fourth-order valence-corrected chi connectivity index (χ4v) is 7.25. The molecule has 17 nitrogen and oxygen atoms in total. The molecule has 2 fully saturated rings. The van der Waals surface area contributed by atoms with Crippen LogP contribution in [0, 0.1) is 5.41 Å². The number of ether oxygens (including phenoxy) is 1. The number of carbonyl (C=O) groups excluding carboxylic acids is 4. The quantitative estimate of drug-likeness (QED) is 0.0668. The van der Waals surface area contributed by atoms with E-state index in [0.717, 1.165) is 11.3 Å². The average molecular weight is 642 g/mol. The standard InChI is InChI=1S/C22H27N9O8S3/c1-21(2,3)39-12(33)5-38-27-13(11-6-40-19(24-11)23-10-32)15(34)25-14-16(35)31-7-22(18(36)37,8-41-17(14)31)9-42-20-26-28-29-30(20)4/h6,10,14,17H,5,7-9H2,1-4H3,(H,25,34)(H,36,37)(H,23,24,32)/t14?,17-,22?/m1/s1. The van der Waals surface area contributed by atoms with Crippen LogP contribution < -0.4 is 10.6 Å². The Morgan fingerprint density at radius 1 is 1.36 bits per heavy atom. The van der Waals surface area contributed by atoms with Crippen molar-refractivity contribution < 1.29 is 38.7 Å². The van der Waals surface area contributed by atoms with E-state index in [1.54, 1.807) is 27.8 Å². The maximum absolute atomic E-state index is 13.3. The second-order valence-electron chi connectivity index (χ2n) is 10.2. The third kappa shape index (κ3) is 6.98. The van der Waals surface area contributed by atoms with Gasteiger partial charge in [0.05, 0.1) is 0 Å². The van der Waals surface area contributed by atoms with Gasteiger partial charge in [0.2, 0.25) is 24.1 Å². The molecule has 0 spiro atoms. The predicted molar refractivity (Wildman–Crippen MR) is 150 cm³/mol. The van der Waals surface area contributed by atoms with E-state index < -0.39 is 52.8 Å². The molecule has 2 aliphatic heterocycles. The van der Waals surface area contributed by atoms with E-state index in [9.17, 15) is 29.1 Å². The fourth-order valence-electron chi connectivity index (χ4n) is 3.89. The van der Waals surface area contributed by atoms with Gasteiger partial charge in [-0.2, -0.15) is 0 Å². The lowest BCUT2D eigenvalue weighted by Crippen LogP contribution is -2.74. The molecular weight excluding hydrogens is 614 g/mol. The molecule has 4 heterocycles. The summed E-state index contributed by atoms with van der Waals surface area (Å²) in [6.07, 6.45) is 0.417. The molecule has 0 saturated carbocycles. The normalized spacial score (nSPS) is 22.0. The summed E-state index contributed by atoms with van der Waals surface area (Å²) in [6, 6.07) is -0.966. The average Bonchev–Trinajstić information content (AvgIpc) is 3.55. The Kier molecular flexibility index (Phi) is 9.36. The van der Waals surface area contributed by atoms with Gasteiger partial charge < -0.3 is 30.2 Å². The van der Waals surface area contributed by atoms with Gasteiger partial charge >= 0.3 is 11.9 Å². The van der Waals surface area contributed by atoms with Gasteiger partial charge in [-0.25, -0.2) is 14.5 Å². The van der Waals surface area contributed by atoms with Gasteiger partial charge in [0.1, 0.15) is 28.1 Å². The molecule has 0 aromatic carbocycles. The zero-order valence-electron chi connectivity index (χ0n) is 22.8. The van der Waals surface area contributed by atoms with Crippen molar-refractivity contribution >= 4 is 75.9 Å². The monoisotopic (exact) mass is 641 g/mol. The van der Waals surface area contributed by atoms with Gasteiger partial charge in [-0.1, -0.05) is 16.9 Å². The molecule has 0 aliphatic carbocycles. The van der Waals surface area contributed by atoms with Gasteiger partial charge in [0.25, 0.3) is 5.91 Å². The minimum Gasteiger partial charge on any atom is -0.481 e. The number of rotatable bonds is 12. The number of thioether (sulfide) groups is 2. The SMILES string of the molecule is Cn1nnnc1SCC1(C(=O)O)CS[C@@H]2C(NC(=O)C(=NOCC(=O)OC(C)(C)C)c3csc(NC=O)n3)C(=O)N2C1.